The Hall–Kier alpha value is -2.42. The Morgan fingerprint density at radius 1 is 1.19 bits per heavy atom. The maximum atomic E-state index is 12.8. The maximum Gasteiger partial charge on any atom is 0.228 e. The van der Waals surface area contributed by atoms with E-state index in [0.717, 1.165) is 23.2 Å². The summed E-state index contributed by atoms with van der Waals surface area (Å²) in [5.74, 6) is -0.0233. The molecule has 2 aromatic rings. The predicted molar refractivity (Wildman–Crippen MR) is 82.6 cm³/mol. The van der Waals surface area contributed by atoms with Crippen molar-refractivity contribution >= 4 is 17.4 Å². The molecule has 0 saturated heterocycles. The van der Waals surface area contributed by atoms with Gasteiger partial charge in [0.05, 0.1) is 6.42 Å². The molecule has 0 bridgehead atoms. The summed E-state index contributed by atoms with van der Waals surface area (Å²) in [6.07, 6.45) is 1.12. The smallest absolute Gasteiger partial charge is 0.228 e. The zero-order valence-corrected chi connectivity index (χ0v) is 11.9. The molecule has 0 aliphatic carbocycles. The highest BCUT2D eigenvalue weighted by molar-refractivity contribution is 6.04. The summed E-state index contributed by atoms with van der Waals surface area (Å²) in [6.45, 7) is 2.02. The molecule has 3 nitrogen and oxygen atoms in total. The van der Waals surface area contributed by atoms with Crippen LogP contribution in [0.15, 0.2) is 48.5 Å². The van der Waals surface area contributed by atoms with Gasteiger partial charge in [0, 0.05) is 17.2 Å². The van der Waals surface area contributed by atoms with Gasteiger partial charge in [0.1, 0.15) is 0 Å². The zero-order chi connectivity index (χ0) is 14.8. The number of hydrogen-bond donors (Lipinski definition) is 1. The fourth-order valence-electron chi connectivity index (χ4n) is 2.84. The first-order valence-corrected chi connectivity index (χ1v) is 7.21. The van der Waals surface area contributed by atoms with Crippen LogP contribution in [0.3, 0.4) is 0 Å². The van der Waals surface area contributed by atoms with E-state index in [9.17, 15) is 9.59 Å². The van der Waals surface area contributed by atoms with Crippen LogP contribution in [0.4, 0.5) is 5.69 Å². The molecule has 1 aliphatic rings. The molecule has 3 heteroatoms. The van der Waals surface area contributed by atoms with Gasteiger partial charge >= 0.3 is 0 Å². The molecular formula is C18H17NO2. The highest BCUT2D eigenvalue weighted by Gasteiger charge is 2.23. The van der Waals surface area contributed by atoms with E-state index in [0.29, 0.717) is 12.0 Å². The van der Waals surface area contributed by atoms with Crippen LogP contribution in [0, 0.1) is 0 Å². The van der Waals surface area contributed by atoms with Gasteiger partial charge in [-0.3, -0.25) is 9.59 Å². The van der Waals surface area contributed by atoms with Crippen LogP contribution < -0.4 is 5.32 Å². The molecule has 2 aromatic carbocycles. The monoisotopic (exact) mass is 279 g/mol. The van der Waals surface area contributed by atoms with E-state index in [4.69, 9.17) is 0 Å². The molecule has 0 aromatic heterocycles. The molecule has 21 heavy (non-hydrogen) atoms. The van der Waals surface area contributed by atoms with Gasteiger partial charge in [-0.2, -0.15) is 0 Å². The Morgan fingerprint density at radius 2 is 1.95 bits per heavy atom. The van der Waals surface area contributed by atoms with Crippen molar-refractivity contribution in [1.82, 2.24) is 0 Å². The lowest BCUT2D eigenvalue weighted by molar-refractivity contribution is -0.115. The third kappa shape index (κ3) is 2.59. The summed E-state index contributed by atoms with van der Waals surface area (Å²) < 4.78 is 0. The number of nitrogens with one attached hydrogen (secondary N) is 1. The van der Waals surface area contributed by atoms with Gasteiger partial charge in [-0.15, -0.1) is 0 Å². The molecular weight excluding hydrogens is 262 g/mol. The number of anilines is 1. The second-order valence-corrected chi connectivity index (χ2v) is 5.33. The van der Waals surface area contributed by atoms with Crippen molar-refractivity contribution in [3.63, 3.8) is 0 Å². The molecule has 3 rings (SSSR count). The molecule has 106 valence electrons. The fourth-order valence-corrected chi connectivity index (χ4v) is 2.84. The minimum absolute atomic E-state index is 0.00954. The first kappa shape index (κ1) is 13.6. The Labute approximate surface area is 124 Å². The Kier molecular flexibility index (Phi) is 3.57. The van der Waals surface area contributed by atoms with Crippen molar-refractivity contribution in [2.45, 2.75) is 25.7 Å². The van der Waals surface area contributed by atoms with E-state index in [1.807, 2.05) is 49.4 Å². The molecule has 0 spiro atoms. The van der Waals surface area contributed by atoms with Crippen LogP contribution in [-0.2, 0) is 11.2 Å². The van der Waals surface area contributed by atoms with E-state index in [1.54, 1.807) is 6.07 Å². The maximum absolute atomic E-state index is 12.8. The minimum atomic E-state index is -0.130. The number of benzene rings is 2. The number of carbonyl (C=O) groups is 2. The lowest BCUT2D eigenvalue weighted by Gasteiger charge is -2.14. The molecule has 1 atom stereocenters. The molecule has 0 fully saturated rings. The van der Waals surface area contributed by atoms with Gasteiger partial charge < -0.3 is 5.32 Å². The number of ketones is 1. The fraction of sp³-hybridized carbons (Fsp3) is 0.222. The highest BCUT2D eigenvalue weighted by Crippen LogP contribution is 2.28. The van der Waals surface area contributed by atoms with Crippen LogP contribution in [0.5, 0.6) is 0 Å². The molecule has 1 unspecified atom stereocenters. The van der Waals surface area contributed by atoms with Gasteiger partial charge in [-0.25, -0.2) is 0 Å². The minimum Gasteiger partial charge on any atom is -0.326 e. The third-order valence-electron chi connectivity index (χ3n) is 3.94. The van der Waals surface area contributed by atoms with Gasteiger partial charge in [-0.05, 0) is 35.7 Å². The van der Waals surface area contributed by atoms with Crippen molar-refractivity contribution in [2.24, 2.45) is 0 Å². The average Bonchev–Trinajstić information content (AvgIpc) is 2.88. The molecule has 0 radical (unpaired) electrons. The number of fused-ring (bicyclic) bond motifs is 1. The second kappa shape index (κ2) is 5.52. The van der Waals surface area contributed by atoms with Gasteiger partial charge in [-0.1, -0.05) is 37.3 Å². The van der Waals surface area contributed by atoms with Crippen molar-refractivity contribution in [1.29, 1.82) is 0 Å². The number of hydrogen-bond acceptors (Lipinski definition) is 2. The summed E-state index contributed by atoms with van der Waals surface area (Å²) in [5.41, 5.74) is 3.46. The van der Waals surface area contributed by atoms with Gasteiger partial charge in [0.15, 0.2) is 5.78 Å². The molecule has 1 amide bonds. The summed E-state index contributed by atoms with van der Waals surface area (Å²) in [7, 11) is 0. The topological polar surface area (TPSA) is 46.2 Å². The summed E-state index contributed by atoms with van der Waals surface area (Å²) in [5, 5.41) is 2.79. The van der Waals surface area contributed by atoms with Crippen molar-refractivity contribution in [3.8, 4) is 0 Å². The van der Waals surface area contributed by atoms with Crippen LogP contribution in [0.25, 0.3) is 0 Å². The molecule has 0 saturated carbocycles. The molecule has 1 aliphatic heterocycles. The van der Waals surface area contributed by atoms with Crippen LogP contribution in [0.1, 0.15) is 40.7 Å². The summed E-state index contributed by atoms with van der Waals surface area (Å²) in [6, 6.07) is 15.3. The molecule has 1 heterocycles. The summed E-state index contributed by atoms with van der Waals surface area (Å²) >= 11 is 0. The second-order valence-electron chi connectivity index (χ2n) is 5.33. The average molecular weight is 279 g/mol. The summed E-state index contributed by atoms with van der Waals surface area (Å²) in [4.78, 5) is 24.1. The first-order chi connectivity index (χ1) is 10.2. The van der Waals surface area contributed by atoms with Gasteiger partial charge in [0.25, 0.3) is 0 Å². The van der Waals surface area contributed by atoms with Crippen LogP contribution in [-0.4, -0.2) is 11.7 Å². The van der Waals surface area contributed by atoms with Crippen LogP contribution in [0.2, 0.25) is 0 Å². The third-order valence-corrected chi connectivity index (χ3v) is 3.94. The van der Waals surface area contributed by atoms with E-state index < -0.39 is 0 Å². The van der Waals surface area contributed by atoms with Crippen LogP contribution >= 0.6 is 0 Å². The molecule has 1 N–H and O–H groups in total. The van der Waals surface area contributed by atoms with E-state index in [-0.39, 0.29) is 17.6 Å². The van der Waals surface area contributed by atoms with E-state index in [2.05, 4.69) is 5.32 Å². The normalized spacial score (nSPS) is 14.4. The zero-order valence-electron chi connectivity index (χ0n) is 11.9. The van der Waals surface area contributed by atoms with Crippen molar-refractivity contribution in [2.75, 3.05) is 5.32 Å². The first-order valence-electron chi connectivity index (χ1n) is 7.21. The number of Topliss-reactive ketones (excluding diaryl/α,β-unsaturated/α-hetero) is 1. The number of amides is 1. The quantitative estimate of drug-likeness (QED) is 0.870. The van der Waals surface area contributed by atoms with E-state index in [1.165, 1.54) is 0 Å². The predicted octanol–water partition coefficient (Wildman–Crippen LogP) is 3.56. The highest BCUT2D eigenvalue weighted by atomic mass is 16.1. The van der Waals surface area contributed by atoms with Gasteiger partial charge in [0.2, 0.25) is 5.91 Å². The standard InChI is InChI=1S/C18H17NO2/c1-2-15(12-6-4-3-5-7-12)18(21)13-8-9-16-14(10-13)11-17(20)19-16/h3-10,15H,2,11H2,1H3,(H,19,20). The van der Waals surface area contributed by atoms with Crippen molar-refractivity contribution < 1.29 is 9.59 Å². The Morgan fingerprint density at radius 3 is 2.67 bits per heavy atom. The number of carbonyl (C=O) groups excluding carboxylic acids is 2. The largest absolute Gasteiger partial charge is 0.326 e. The SMILES string of the molecule is CCC(C(=O)c1ccc2c(c1)CC(=O)N2)c1ccccc1. The lowest BCUT2D eigenvalue weighted by atomic mass is 9.88. The van der Waals surface area contributed by atoms with E-state index >= 15 is 0 Å². The Bertz CT molecular complexity index is 692. The van der Waals surface area contributed by atoms with Crippen molar-refractivity contribution in [3.05, 3.63) is 65.2 Å². The lowest BCUT2D eigenvalue weighted by Crippen LogP contribution is -2.12. The Balaban J connectivity index is 1.91. The number of rotatable bonds is 4.